The number of hydrogen-bond donors (Lipinski definition) is 1. The second-order valence-electron chi connectivity index (χ2n) is 6.38. The Morgan fingerprint density at radius 1 is 1.35 bits per heavy atom. The Balaban J connectivity index is 1.77. The van der Waals surface area contributed by atoms with Crippen molar-refractivity contribution >= 4 is 11.8 Å². The predicted molar refractivity (Wildman–Crippen MR) is 85.1 cm³/mol. The predicted octanol–water partition coefficient (Wildman–Crippen LogP) is 2.86. The van der Waals surface area contributed by atoms with Crippen LogP contribution in [0.15, 0.2) is 36.0 Å². The van der Waals surface area contributed by atoms with E-state index in [0.717, 1.165) is 31.4 Å². The van der Waals surface area contributed by atoms with Gasteiger partial charge in [0.1, 0.15) is 5.82 Å². The molecule has 1 atom stereocenters. The van der Waals surface area contributed by atoms with Crippen molar-refractivity contribution in [3.05, 3.63) is 47.4 Å². The zero-order valence-electron chi connectivity index (χ0n) is 13.3. The van der Waals surface area contributed by atoms with Gasteiger partial charge in [0.2, 0.25) is 5.91 Å². The molecule has 1 N–H and O–H groups in total. The molecule has 3 rings (SSSR count). The second kappa shape index (κ2) is 6.14. The van der Waals surface area contributed by atoms with Gasteiger partial charge < -0.3 is 10.2 Å². The summed E-state index contributed by atoms with van der Waals surface area (Å²) in [6, 6.07) is 5.98. The lowest BCUT2D eigenvalue weighted by molar-refractivity contribution is -0.132. The number of hydrogen-bond acceptors (Lipinski definition) is 2. The minimum atomic E-state index is -0.516. The lowest BCUT2D eigenvalue weighted by atomic mass is 9.70. The SMILES string of the molecule is CN1C(=O)CCC2(CNC(=O)c3ccccc3F)CCCC=C12. The molecule has 4 nitrogen and oxygen atoms in total. The van der Waals surface area contributed by atoms with Crippen LogP contribution in [0, 0.1) is 11.2 Å². The molecule has 5 heteroatoms. The van der Waals surface area contributed by atoms with E-state index < -0.39 is 11.7 Å². The van der Waals surface area contributed by atoms with Crippen molar-refractivity contribution in [1.29, 1.82) is 0 Å². The first-order valence-corrected chi connectivity index (χ1v) is 8.03. The number of halogens is 1. The van der Waals surface area contributed by atoms with E-state index in [1.165, 1.54) is 12.1 Å². The van der Waals surface area contributed by atoms with Crippen molar-refractivity contribution in [3.8, 4) is 0 Å². The third-order valence-electron chi connectivity index (χ3n) is 5.00. The number of piperidine rings is 1. The molecule has 2 aliphatic rings. The maximum atomic E-state index is 13.7. The third kappa shape index (κ3) is 2.87. The van der Waals surface area contributed by atoms with E-state index in [0.29, 0.717) is 13.0 Å². The van der Waals surface area contributed by atoms with E-state index in [-0.39, 0.29) is 16.9 Å². The second-order valence-corrected chi connectivity index (χ2v) is 6.38. The summed E-state index contributed by atoms with van der Waals surface area (Å²) in [5, 5.41) is 2.88. The Bertz CT molecular complexity index is 671. The molecule has 1 aromatic carbocycles. The molecule has 0 saturated carbocycles. The molecule has 1 fully saturated rings. The zero-order chi connectivity index (χ0) is 16.4. The lowest BCUT2D eigenvalue weighted by Crippen LogP contribution is -2.49. The van der Waals surface area contributed by atoms with E-state index in [2.05, 4.69) is 11.4 Å². The fourth-order valence-corrected chi connectivity index (χ4v) is 3.68. The van der Waals surface area contributed by atoms with E-state index >= 15 is 0 Å². The summed E-state index contributed by atoms with van der Waals surface area (Å²) in [5.74, 6) is -0.797. The number of nitrogens with zero attached hydrogens (tertiary/aromatic N) is 1. The highest BCUT2D eigenvalue weighted by Gasteiger charge is 2.43. The van der Waals surface area contributed by atoms with E-state index in [1.54, 1.807) is 24.1 Å². The van der Waals surface area contributed by atoms with Crippen molar-refractivity contribution in [3.63, 3.8) is 0 Å². The zero-order valence-corrected chi connectivity index (χ0v) is 13.3. The van der Waals surface area contributed by atoms with Crippen LogP contribution < -0.4 is 5.32 Å². The van der Waals surface area contributed by atoms with Crippen molar-refractivity contribution in [2.24, 2.45) is 5.41 Å². The first kappa shape index (κ1) is 15.7. The quantitative estimate of drug-likeness (QED) is 0.932. The van der Waals surface area contributed by atoms with Gasteiger partial charge in [-0.3, -0.25) is 9.59 Å². The average Bonchev–Trinajstić information content (AvgIpc) is 2.57. The summed E-state index contributed by atoms with van der Waals surface area (Å²) in [6.07, 6.45) is 6.27. The molecule has 1 unspecified atom stereocenters. The lowest BCUT2D eigenvalue weighted by Gasteiger charge is -2.46. The van der Waals surface area contributed by atoms with Gasteiger partial charge in [0, 0.05) is 31.1 Å². The highest BCUT2D eigenvalue weighted by atomic mass is 19.1. The highest BCUT2D eigenvalue weighted by Crippen LogP contribution is 2.45. The monoisotopic (exact) mass is 316 g/mol. The third-order valence-corrected chi connectivity index (χ3v) is 5.00. The van der Waals surface area contributed by atoms with Gasteiger partial charge in [-0.25, -0.2) is 4.39 Å². The molecule has 0 spiro atoms. The number of rotatable bonds is 3. The number of benzene rings is 1. The molecule has 0 radical (unpaired) electrons. The summed E-state index contributed by atoms with van der Waals surface area (Å²) >= 11 is 0. The minimum absolute atomic E-state index is 0.0606. The number of fused-ring (bicyclic) bond motifs is 1. The van der Waals surface area contributed by atoms with Gasteiger partial charge in [0.05, 0.1) is 5.56 Å². The van der Waals surface area contributed by atoms with Crippen LogP contribution in [0.1, 0.15) is 42.5 Å². The van der Waals surface area contributed by atoms with Gasteiger partial charge in [0.15, 0.2) is 0 Å². The maximum absolute atomic E-state index is 13.7. The topological polar surface area (TPSA) is 49.4 Å². The molecule has 1 aliphatic heterocycles. The van der Waals surface area contributed by atoms with Gasteiger partial charge >= 0.3 is 0 Å². The van der Waals surface area contributed by atoms with Gasteiger partial charge in [-0.1, -0.05) is 18.2 Å². The molecule has 0 bridgehead atoms. The molecule has 0 aromatic heterocycles. The number of likely N-dealkylation sites (tertiary alicyclic amines) is 1. The number of nitrogens with one attached hydrogen (secondary N) is 1. The van der Waals surface area contributed by atoms with Gasteiger partial charge in [-0.05, 0) is 37.8 Å². The summed E-state index contributed by atoms with van der Waals surface area (Å²) in [4.78, 5) is 25.9. The standard InChI is InChI=1S/C18H21FN2O2/c1-21-15-8-4-5-10-18(15,11-9-16(21)22)12-20-17(23)13-6-2-3-7-14(13)19/h2-3,6-8H,4-5,9-12H2,1H3,(H,20,23). The normalized spacial score (nSPS) is 24.0. The highest BCUT2D eigenvalue weighted by molar-refractivity contribution is 5.94. The number of allylic oxidation sites excluding steroid dienone is 1. The summed E-state index contributed by atoms with van der Waals surface area (Å²) < 4.78 is 13.7. The van der Waals surface area contributed by atoms with Gasteiger partial charge in [-0.2, -0.15) is 0 Å². The Labute approximate surface area is 135 Å². The maximum Gasteiger partial charge on any atom is 0.254 e. The van der Waals surface area contributed by atoms with Crippen LogP contribution in [0.4, 0.5) is 4.39 Å². The molecule has 122 valence electrons. The molecule has 1 heterocycles. The Morgan fingerprint density at radius 2 is 2.13 bits per heavy atom. The first-order valence-electron chi connectivity index (χ1n) is 8.03. The smallest absolute Gasteiger partial charge is 0.254 e. The molecule has 1 saturated heterocycles. The van der Waals surface area contributed by atoms with Crippen LogP contribution in [0.25, 0.3) is 0 Å². The number of carbonyl (C=O) groups is 2. The molecular weight excluding hydrogens is 295 g/mol. The first-order chi connectivity index (χ1) is 11.0. The summed E-state index contributed by atoms with van der Waals surface area (Å²) in [5.41, 5.74) is 0.862. The van der Waals surface area contributed by atoms with Crippen molar-refractivity contribution in [2.75, 3.05) is 13.6 Å². The van der Waals surface area contributed by atoms with Crippen LogP contribution in [0.3, 0.4) is 0 Å². The van der Waals surface area contributed by atoms with Gasteiger partial charge in [-0.15, -0.1) is 0 Å². The Hall–Kier alpha value is -2.17. The van der Waals surface area contributed by atoms with E-state index in [9.17, 15) is 14.0 Å². The van der Waals surface area contributed by atoms with Crippen molar-refractivity contribution in [1.82, 2.24) is 10.2 Å². The van der Waals surface area contributed by atoms with Gasteiger partial charge in [0.25, 0.3) is 5.91 Å². The van der Waals surface area contributed by atoms with Crippen LogP contribution in [-0.2, 0) is 4.79 Å². The fourth-order valence-electron chi connectivity index (χ4n) is 3.68. The Kier molecular flexibility index (Phi) is 4.20. The average molecular weight is 316 g/mol. The summed E-state index contributed by atoms with van der Waals surface area (Å²) in [7, 11) is 1.80. The Morgan fingerprint density at radius 3 is 2.91 bits per heavy atom. The van der Waals surface area contributed by atoms with E-state index in [1.807, 2.05) is 0 Å². The number of carbonyl (C=O) groups excluding carboxylic acids is 2. The largest absolute Gasteiger partial charge is 0.351 e. The molecule has 2 amide bonds. The summed E-state index contributed by atoms with van der Waals surface area (Å²) in [6.45, 7) is 0.434. The molecule has 1 aliphatic carbocycles. The van der Waals surface area contributed by atoms with Crippen molar-refractivity contribution in [2.45, 2.75) is 32.1 Å². The minimum Gasteiger partial charge on any atom is -0.351 e. The van der Waals surface area contributed by atoms with Crippen LogP contribution in [0.5, 0.6) is 0 Å². The fraction of sp³-hybridized carbons (Fsp3) is 0.444. The van der Waals surface area contributed by atoms with Crippen LogP contribution in [-0.4, -0.2) is 30.3 Å². The van der Waals surface area contributed by atoms with Crippen LogP contribution in [0.2, 0.25) is 0 Å². The number of amides is 2. The van der Waals surface area contributed by atoms with E-state index in [4.69, 9.17) is 0 Å². The molecule has 23 heavy (non-hydrogen) atoms. The van der Waals surface area contributed by atoms with Crippen LogP contribution >= 0.6 is 0 Å². The molecular formula is C18H21FN2O2. The molecule has 1 aromatic rings. The van der Waals surface area contributed by atoms with Crippen molar-refractivity contribution < 1.29 is 14.0 Å².